The van der Waals surface area contributed by atoms with Gasteiger partial charge < -0.3 is 5.73 Å². The molecule has 0 saturated heterocycles. The Balaban J connectivity index is 2.64. The molecule has 64 valence electrons. The fourth-order valence-electron chi connectivity index (χ4n) is 1.07. The van der Waals surface area contributed by atoms with Crippen LogP contribution in [-0.4, -0.2) is 0 Å². The maximum absolute atomic E-state index is 5.49. The number of rotatable bonds is 3. The Morgan fingerprint density at radius 1 is 1.17 bits per heavy atom. The highest BCUT2D eigenvalue weighted by Gasteiger charge is 1.89. The van der Waals surface area contributed by atoms with Crippen LogP contribution in [0, 0.1) is 0 Å². The van der Waals surface area contributed by atoms with Gasteiger partial charge in [-0.15, -0.1) is 0 Å². The van der Waals surface area contributed by atoms with Gasteiger partial charge in [0.15, 0.2) is 0 Å². The van der Waals surface area contributed by atoms with E-state index in [0.717, 1.165) is 6.42 Å². The van der Waals surface area contributed by atoms with Gasteiger partial charge in [0.25, 0.3) is 0 Å². The van der Waals surface area contributed by atoms with Crippen LogP contribution in [0.4, 0.5) is 0 Å². The van der Waals surface area contributed by atoms with E-state index >= 15 is 0 Å². The monoisotopic (exact) mass is 161 g/mol. The zero-order valence-corrected chi connectivity index (χ0v) is 7.46. The molecule has 1 aromatic carbocycles. The topological polar surface area (TPSA) is 26.0 Å². The minimum Gasteiger partial charge on any atom is -0.326 e. The highest BCUT2D eigenvalue weighted by atomic mass is 14.5. The van der Waals surface area contributed by atoms with E-state index in [9.17, 15) is 0 Å². The predicted octanol–water partition coefficient (Wildman–Crippen LogP) is 2.26. The summed E-state index contributed by atoms with van der Waals surface area (Å²) in [4.78, 5) is 0. The van der Waals surface area contributed by atoms with Crippen molar-refractivity contribution in [2.24, 2.45) is 5.73 Å². The largest absolute Gasteiger partial charge is 0.326 e. The second-order valence-corrected chi connectivity index (χ2v) is 2.79. The van der Waals surface area contributed by atoms with E-state index < -0.39 is 0 Å². The van der Waals surface area contributed by atoms with E-state index in [0.29, 0.717) is 6.54 Å². The summed E-state index contributed by atoms with van der Waals surface area (Å²) in [5, 5.41) is 0. The first kappa shape index (κ1) is 9.01. The van der Waals surface area contributed by atoms with Crippen LogP contribution in [0.1, 0.15) is 18.1 Å². The maximum atomic E-state index is 5.49. The molecule has 1 aromatic rings. The molecule has 0 amide bonds. The lowest BCUT2D eigenvalue weighted by atomic mass is 10.1. The molecule has 0 unspecified atom stereocenters. The van der Waals surface area contributed by atoms with Gasteiger partial charge in [0.1, 0.15) is 0 Å². The Labute approximate surface area is 73.9 Å². The van der Waals surface area contributed by atoms with Crippen molar-refractivity contribution in [2.75, 3.05) is 0 Å². The number of hydrogen-bond donors (Lipinski definition) is 1. The molecule has 0 aliphatic rings. The average Bonchev–Trinajstić information content (AvgIpc) is 2.15. The van der Waals surface area contributed by atoms with Crippen LogP contribution in [0.15, 0.2) is 36.4 Å². The summed E-state index contributed by atoms with van der Waals surface area (Å²) in [6.07, 6.45) is 5.23. The maximum Gasteiger partial charge on any atom is 0.0178 e. The van der Waals surface area contributed by atoms with E-state index in [1.807, 2.05) is 6.92 Å². The Hall–Kier alpha value is -1.08. The van der Waals surface area contributed by atoms with E-state index in [1.54, 1.807) is 0 Å². The smallest absolute Gasteiger partial charge is 0.0178 e. The molecule has 2 N–H and O–H groups in total. The van der Waals surface area contributed by atoms with Crippen LogP contribution in [0.3, 0.4) is 0 Å². The second kappa shape index (κ2) is 4.73. The summed E-state index contributed by atoms with van der Waals surface area (Å²) < 4.78 is 0. The zero-order chi connectivity index (χ0) is 8.81. The van der Waals surface area contributed by atoms with Crippen LogP contribution in [0.25, 0.3) is 0 Å². The van der Waals surface area contributed by atoms with Gasteiger partial charge in [0.05, 0.1) is 0 Å². The third kappa shape index (κ3) is 2.51. The first-order chi connectivity index (χ1) is 5.86. The lowest BCUT2D eigenvalue weighted by Gasteiger charge is -1.98. The molecule has 0 heterocycles. The standard InChI is InChI=1S/C11H15N/c1-2-3-4-10-5-7-11(9-12)8-6-10/h2-3,5-8H,4,9,12H2,1H3/b3-2+. The van der Waals surface area contributed by atoms with E-state index in [-0.39, 0.29) is 0 Å². The first-order valence-electron chi connectivity index (χ1n) is 4.26. The van der Waals surface area contributed by atoms with Crippen molar-refractivity contribution in [2.45, 2.75) is 19.9 Å². The van der Waals surface area contributed by atoms with E-state index in [4.69, 9.17) is 5.73 Å². The van der Waals surface area contributed by atoms with Crippen molar-refractivity contribution in [1.82, 2.24) is 0 Å². The van der Waals surface area contributed by atoms with Crippen LogP contribution >= 0.6 is 0 Å². The molecule has 0 aromatic heterocycles. The Kier molecular flexibility index (Phi) is 3.55. The van der Waals surface area contributed by atoms with Gasteiger partial charge in [-0.05, 0) is 24.5 Å². The molecular formula is C11H15N. The third-order valence-corrected chi connectivity index (χ3v) is 1.85. The van der Waals surface area contributed by atoms with Crippen LogP contribution < -0.4 is 5.73 Å². The van der Waals surface area contributed by atoms with Gasteiger partial charge in [-0.1, -0.05) is 36.4 Å². The van der Waals surface area contributed by atoms with E-state index in [1.165, 1.54) is 11.1 Å². The van der Waals surface area contributed by atoms with Crippen molar-refractivity contribution < 1.29 is 0 Å². The van der Waals surface area contributed by atoms with Gasteiger partial charge >= 0.3 is 0 Å². The number of hydrogen-bond acceptors (Lipinski definition) is 1. The predicted molar refractivity (Wildman–Crippen MR) is 52.9 cm³/mol. The molecule has 0 radical (unpaired) electrons. The molecule has 1 rings (SSSR count). The molecule has 12 heavy (non-hydrogen) atoms. The SMILES string of the molecule is C/C=C/Cc1ccc(CN)cc1. The lowest BCUT2D eigenvalue weighted by molar-refractivity contribution is 1.06. The minimum atomic E-state index is 0.629. The van der Waals surface area contributed by atoms with Gasteiger partial charge in [0.2, 0.25) is 0 Å². The normalized spacial score (nSPS) is 10.8. The minimum absolute atomic E-state index is 0.629. The van der Waals surface area contributed by atoms with Gasteiger partial charge in [0, 0.05) is 6.54 Å². The molecule has 0 fully saturated rings. The van der Waals surface area contributed by atoms with Gasteiger partial charge in [-0.25, -0.2) is 0 Å². The molecule has 0 bridgehead atoms. The molecule has 0 spiro atoms. The Morgan fingerprint density at radius 3 is 2.25 bits per heavy atom. The Bertz CT molecular complexity index is 246. The third-order valence-electron chi connectivity index (χ3n) is 1.85. The number of benzene rings is 1. The fourth-order valence-corrected chi connectivity index (χ4v) is 1.07. The van der Waals surface area contributed by atoms with Crippen LogP contribution in [0.2, 0.25) is 0 Å². The van der Waals surface area contributed by atoms with Crippen LogP contribution in [0.5, 0.6) is 0 Å². The zero-order valence-electron chi connectivity index (χ0n) is 7.46. The van der Waals surface area contributed by atoms with Gasteiger partial charge in [-0.2, -0.15) is 0 Å². The van der Waals surface area contributed by atoms with Gasteiger partial charge in [-0.3, -0.25) is 0 Å². The molecule has 1 nitrogen and oxygen atoms in total. The average molecular weight is 161 g/mol. The van der Waals surface area contributed by atoms with Crippen molar-refractivity contribution in [3.8, 4) is 0 Å². The van der Waals surface area contributed by atoms with E-state index in [2.05, 4.69) is 36.4 Å². The number of nitrogens with two attached hydrogens (primary N) is 1. The molecule has 0 atom stereocenters. The number of allylic oxidation sites excluding steroid dienone is 2. The van der Waals surface area contributed by atoms with Crippen molar-refractivity contribution in [3.63, 3.8) is 0 Å². The fraction of sp³-hybridized carbons (Fsp3) is 0.273. The second-order valence-electron chi connectivity index (χ2n) is 2.79. The summed E-state index contributed by atoms with van der Waals surface area (Å²) in [6.45, 7) is 2.66. The van der Waals surface area contributed by atoms with Crippen molar-refractivity contribution >= 4 is 0 Å². The summed E-state index contributed by atoms with van der Waals surface area (Å²) in [5.74, 6) is 0. The Morgan fingerprint density at radius 2 is 1.75 bits per heavy atom. The summed E-state index contributed by atoms with van der Waals surface area (Å²) in [7, 11) is 0. The first-order valence-corrected chi connectivity index (χ1v) is 4.26. The van der Waals surface area contributed by atoms with Crippen molar-refractivity contribution in [3.05, 3.63) is 47.5 Å². The lowest BCUT2D eigenvalue weighted by Crippen LogP contribution is -1.95. The molecule has 0 aliphatic heterocycles. The highest BCUT2D eigenvalue weighted by molar-refractivity contribution is 5.23. The summed E-state index contributed by atoms with van der Waals surface area (Å²) >= 11 is 0. The molecular weight excluding hydrogens is 146 g/mol. The highest BCUT2D eigenvalue weighted by Crippen LogP contribution is 2.04. The quantitative estimate of drug-likeness (QED) is 0.676. The summed E-state index contributed by atoms with van der Waals surface area (Å²) in [6, 6.07) is 8.42. The summed E-state index contributed by atoms with van der Waals surface area (Å²) in [5.41, 5.74) is 8.02. The molecule has 1 heteroatoms. The molecule has 0 aliphatic carbocycles. The molecule has 0 saturated carbocycles. The van der Waals surface area contributed by atoms with Crippen LogP contribution in [-0.2, 0) is 13.0 Å². The van der Waals surface area contributed by atoms with Crippen molar-refractivity contribution in [1.29, 1.82) is 0 Å².